The van der Waals surface area contributed by atoms with Crippen LogP contribution in [0.4, 0.5) is 0 Å². The van der Waals surface area contributed by atoms with Gasteiger partial charge in [-0.25, -0.2) is 17.7 Å². The molecule has 15 heavy (non-hydrogen) atoms. The molecule has 2 rings (SSSR count). The summed E-state index contributed by atoms with van der Waals surface area (Å²) in [7, 11) is 0. The van der Waals surface area contributed by atoms with Crippen molar-refractivity contribution < 1.29 is 24.6 Å². The molecule has 1 atom stereocenters. The Labute approximate surface area is 112 Å². The Bertz CT molecular complexity index is 315. The standard InChI is InChI=1S/C9H13.C5H5.Ti.2H/c1-6-5-7(2)9(4)8(6)3;1-2-4-5-3-1;;;/h6H,1-4H3;1-3H,4H2;;;/q2*-1;+4;2*-1. The van der Waals surface area contributed by atoms with E-state index in [0.29, 0.717) is 5.92 Å². The molecule has 0 radical (unpaired) electrons. The Morgan fingerprint density at radius 1 is 1.33 bits per heavy atom. The van der Waals surface area contributed by atoms with Crippen LogP contribution in [-0.4, -0.2) is 0 Å². The minimum Gasteiger partial charge on any atom is -1.00 e. The quantitative estimate of drug-likeness (QED) is 0.435. The van der Waals surface area contributed by atoms with Crippen molar-refractivity contribution in [2.75, 3.05) is 0 Å². The summed E-state index contributed by atoms with van der Waals surface area (Å²) in [6, 6.07) is 0. The minimum absolute atomic E-state index is 0. The summed E-state index contributed by atoms with van der Waals surface area (Å²) >= 11 is 0. The first kappa shape index (κ1) is 14.7. The van der Waals surface area contributed by atoms with Crippen LogP contribution in [0.15, 0.2) is 34.9 Å². The molecule has 0 amide bonds. The molecule has 80 valence electrons. The Morgan fingerprint density at radius 3 is 2.13 bits per heavy atom. The molecule has 0 aromatic carbocycles. The third kappa shape index (κ3) is 4.36. The van der Waals surface area contributed by atoms with Crippen LogP contribution >= 0.6 is 0 Å². The van der Waals surface area contributed by atoms with E-state index in [-0.39, 0.29) is 24.6 Å². The topological polar surface area (TPSA) is 0 Å². The van der Waals surface area contributed by atoms with Crippen molar-refractivity contribution in [2.24, 2.45) is 5.92 Å². The second-order valence-electron chi connectivity index (χ2n) is 3.80. The van der Waals surface area contributed by atoms with Crippen molar-refractivity contribution in [2.45, 2.75) is 34.1 Å². The van der Waals surface area contributed by atoms with Gasteiger partial charge in [0.15, 0.2) is 0 Å². The zero-order chi connectivity index (χ0) is 10.6. The van der Waals surface area contributed by atoms with Crippen LogP contribution in [0.25, 0.3) is 0 Å². The van der Waals surface area contributed by atoms with Crippen molar-refractivity contribution in [3.05, 3.63) is 47.1 Å². The summed E-state index contributed by atoms with van der Waals surface area (Å²) in [4.78, 5) is 0. The van der Waals surface area contributed by atoms with Gasteiger partial charge in [-0.05, 0) is 0 Å². The van der Waals surface area contributed by atoms with Gasteiger partial charge < -0.3 is 2.85 Å². The number of hydrogen-bond donors (Lipinski definition) is 0. The Hall–Kier alpha value is -0.326. The maximum Gasteiger partial charge on any atom is 4.00 e. The third-order valence-electron chi connectivity index (χ3n) is 2.82. The van der Waals surface area contributed by atoms with Crippen molar-refractivity contribution >= 4 is 0 Å². The maximum atomic E-state index is 3.36. The van der Waals surface area contributed by atoms with Crippen molar-refractivity contribution in [1.82, 2.24) is 0 Å². The molecule has 0 bridgehead atoms. The van der Waals surface area contributed by atoms with Crippen molar-refractivity contribution in [3.63, 3.8) is 0 Å². The predicted octanol–water partition coefficient (Wildman–Crippen LogP) is 4.25. The van der Waals surface area contributed by atoms with E-state index in [9.17, 15) is 0 Å². The van der Waals surface area contributed by atoms with Gasteiger partial charge >= 0.3 is 21.7 Å². The molecule has 0 fully saturated rings. The Kier molecular flexibility index (Phi) is 6.88. The second-order valence-corrected chi connectivity index (χ2v) is 3.80. The SMILES string of the molecule is CC1=[C-]C(C)C(C)=C1C.[C-]1=CC=CC1.[H-].[H-].[Ti+4]. The fourth-order valence-electron chi connectivity index (χ4n) is 1.50. The van der Waals surface area contributed by atoms with E-state index in [4.69, 9.17) is 0 Å². The average Bonchev–Trinajstić information content (AvgIpc) is 2.78. The molecule has 0 aromatic heterocycles. The van der Waals surface area contributed by atoms with Gasteiger partial charge in [-0.15, -0.1) is 13.3 Å². The second kappa shape index (κ2) is 7.03. The summed E-state index contributed by atoms with van der Waals surface area (Å²) in [5.41, 5.74) is 4.25. The van der Waals surface area contributed by atoms with E-state index in [1.165, 1.54) is 16.7 Å². The van der Waals surface area contributed by atoms with E-state index in [1.807, 2.05) is 12.2 Å². The van der Waals surface area contributed by atoms with Gasteiger partial charge in [-0.3, -0.25) is 12.2 Å². The molecule has 0 aliphatic heterocycles. The summed E-state index contributed by atoms with van der Waals surface area (Å²) in [5.74, 6) is 0.560. The van der Waals surface area contributed by atoms with Crippen molar-refractivity contribution in [3.8, 4) is 0 Å². The molecular weight excluding hydrogens is 216 g/mol. The van der Waals surface area contributed by atoms with Crippen LogP contribution in [0, 0.1) is 18.1 Å². The molecule has 2 aliphatic rings. The molecule has 0 N–H and O–H groups in total. The molecule has 0 aromatic rings. The molecule has 0 spiro atoms. The summed E-state index contributed by atoms with van der Waals surface area (Å²) in [6.07, 6.45) is 13.4. The third-order valence-corrected chi connectivity index (χ3v) is 2.82. The summed E-state index contributed by atoms with van der Waals surface area (Å²) in [6.45, 7) is 8.67. The molecule has 0 saturated heterocycles. The van der Waals surface area contributed by atoms with Crippen LogP contribution in [-0.2, 0) is 21.7 Å². The van der Waals surface area contributed by atoms with E-state index < -0.39 is 0 Å². The zero-order valence-corrected chi connectivity index (χ0v) is 11.6. The van der Waals surface area contributed by atoms with Crippen LogP contribution in [0.1, 0.15) is 37.0 Å². The Morgan fingerprint density at radius 2 is 2.00 bits per heavy atom. The fraction of sp³-hybridized carbons (Fsp3) is 0.429. The van der Waals surface area contributed by atoms with Gasteiger partial charge in [0.05, 0.1) is 0 Å². The van der Waals surface area contributed by atoms with Crippen LogP contribution in [0.5, 0.6) is 0 Å². The van der Waals surface area contributed by atoms with Gasteiger partial charge in [-0.2, -0.15) is 17.2 Å². The van der Waals surface area contributed by atoms with E-state index in [0.717, 1.165) is 6.42 Å². The Balaban J connectivity index is -0.000000216. The first-order valence-electron chi connectivity index (χ1n) is 5.12. The molecule has 1 heteroatoms. The van der Waals surface area contributed by atoms with Crippen LogP contribution in [0.2, 0.25) is 0 Å². The van der Waals surface area contributed by atoms with Gasteiger partial charge in [0, 0.05) is 0 Å². The van der Waals surface area contributed by atoms with E-state index >= 15 is 0 Å². The van der Waals surface area contributed by atoms with Crippen LogP contribution < -0.4 is 0 Å². The maximum absolute atomic E-state index is 3.36. The van der Waals surface area contributed by atoms with Gasteiger partial charge in [-0.1, -0.05) is 26.7 Å². The molecule has 1 unspecified atom stereocenters. The first-order valence-corrected chi connectivity index (χ1v) is 5.12. The summed E-state index contributed by atoms with van der Waals surface area (Å²) < 4.78 is 0. The normalized spacial score (nSPS) is 22.1. The number of rotatable bonds is 0. The predicted molar refractivity (Wildman–Crippen MR) is 63.8 cm³/mol. The molecular formula is C14H20Ti. The summed E-state index contributed by atoms with van der Waals surface area (Å²) in [5, 5.41) is 0. The first-order chi connectivity index (χ1) is 6.63. The molecule has 0 heterocycles. The largest absolute Gasteiger partial charge is 4.00 e. The molecule has 0 nitrogen and oxygen atoms in total. The van der Waals surface area contributed by atoms with E-state index in [2.05, 4.69) is 45.9 Å². The number of hydrogen-bond acceptors (Lipinski definition) is 0. The van der Waals surface area contributed by atoms with Gasteiger partial charge in [0.1, 0.15) is 0 Å². The monoisotopic (exact) mass is 236 g/mol. The van der Waals surface area contributed by atoms with Crippen LogP contribution in [0.3, 0.4) is 0 Å². The fourth-order valence-corrected chi connectivity index (χ4v) is 1.50. The zero-order valence-electron chi connectivity index (χ0n) is 12.0. The number of allylic oxidation sites excluding steroid dienone is 8. The smallest absolute Gasteiger partial charge is 1.00 e. The van der Waals surface area contributed by atoms with E-state index in [1.54, 1.807) is 0 Å². The van der Waals surface area contributed by atoms with Gasteiger partial charge in [0.2, 0.25) is 0 Å². The minimum atomic E-state index is 0. The average molecular weight is 236 g/mol. The molecule has 2 aliphatic carbocycles. The van der Waals surface area contributed by atoms with Crippen molar-refractivity contribution in [1.29, 1.82) is 0 Å². The molecule has 0 saturated carbocycles. The van der Waals surface area contributed by atoms with Gasteiger partial charge in [0.25, 0.3) is 0 Å².